The second-order valence-electron chi connectivity index (χ2n) is 7.55. The number of phenols is 1. The molecule has 0 saturated heterocycles. The molecule has 166 valence electrons. The van der Waals surface area contributed by atoms with Crippen molar-refractivity contribution >= 4 is 49.7 Å². The SMILES string of the molecule is COc1cc(C2C(C(=O)c3cccs3)=C(O)C(=O)N2c2nc3ccc(C)cc3s2)ccc1O. The highest BCUT2D eigenvalue weighted by Crippen LogP contribution is 2.45. The fourth-order valence-electron chi connectivity index (χ4n) is 3.88. The highest BCUT2D eigenvalue weighted by molar-refractivity contribution is 7.22. The Morgan fingerprint density at radius 1 is 1.15 bits per heavy atom. The van der Waals surface area contributed by atoms with E-state index in [1.165, 1.54) is 40.7 Å². The molecule has 0 aliphatic carbocycles. The summed E-state index contributed by atoms with van der Waals surface area (Å²) in [5.74, 6) is -1.64. The van der Waals surface area contributed by atoms with Crippen molar-refractivity contribution in [3.8, 4) is 11.5 Å². The number of phenolic OH excluding ortho intramolecular Hbond substituents is 1. The first-order valence-corrected chi connectivity index (χ1v) is 11.7. The molecule has 1 amide bonds. The Hall–Kier alpha value is -3.69. The topological polar surface area (TPSA) is 100.0 Å². The first-order valence-electron chi connectivity index (χ1n) is 9.98. The number of methoxy groups -OCH3 is 1. The van der Waals surface area contributed by atoms with Gasteiger partial charge in [-0.3, -0.25) is 14.5 Å². The van der Waals surface area contributed by atoms with Crippen LogP contribution < -0.4 is 9.64 Å². The summed E-state index contributed by atoms with van der Waals surface area (Å²) in [5.41, 5.74) is 2.23. The normalized spacial score (nSPS) is 16.1. The maximum atomic E-state index is 13.4. The number of hydrogen-bond acceptors (Lipinski definition) is 8. The number of benzene rings is 2. The number of aromatic nitrogens is 1. The van der Waals surface area contributed by atoms with Crippen LogP contribution >= 0.6 is 22.7 Å². The predicted octanol–water partition coefficient (Wildman–Crippen LogP) is 5.16. The number of fused-ring (bicyclic) bond motifs is 1. The van der Waals surface area contributed by atoms with E-state index in [0.29, 0.717) is 21.1 Å². The van der Waals surface area contributed by atoms with Crippen LogP contribution in [0.15, 0.2) is 65.2 Å². The molecule has 33 heavy (non-hydrogen) atoms. The van der Waals surface area contributed by atoms with E-state index in [1.807, 2.05) is 25.1 Å². The molecule has 2 N–H and O–H groups in total. The Morgan fingerprint density at radius 2 is 1.97 bits per heavy atom. The zero-order chi connectivity index (χ0) is 23.3. The first-order chi connectivity index (χ1) is 15.9. The third kappa shape index (κ3) is 3.46. The Bertz CT molecular complexity index is 1440. The molecule has 1 atom stereocenters. The summed E-state index contributed by atoms with van der Waals surface area (Å²) >= 11 is 2.53. The number of carbonyl (C=O) groups is 2. The highest BCUT2D eigenvalue weighted by Gasteiger charge is 2.46. The highest BCUT2D eigenvalue weighted by atomic mass is 32.1. The van der Waals surface area contributed by atoms with Crippen molar-refractivity contribution in [3.63, 3.8) is 0 Å². The number of ether oxygens (including phenoxy) is 1. The summed E-state index contributed by atoms with van der Waals surface area (Å²) in [6.07, 6.45) is 0. The number of aryl methyl sites for hydroxylation is 1. The lowest BCUT2D eigenvalue weighted by atomic mass is 9.95. The number of thiazole rings is 1. The zero-order valence-corrected chi connectivity index (χ0v) is 19.2. The molecule has 1 unspecified atom stereocenters. The minimum absolute atomic E-state index is 0.0365. The number of Topliss-reactive ketones (excluding diaryl/α,β-unsaturated/α-hetero) is 1. The molecule has 9 heteroatoms. The zero-order valence-electron chi connectivity index (χ0n) is 17.6. The van der Waals surface area contributed by atoms with Crippen molar-refractivity contribution in [1.29, 1.82) is 0 Å². The minimum atomic E-state index is -0.941. The van der Waals surface area contributed by atoms with E-state index in [4.69, 9.17) is 4.74 Å². The lowest BCUT2D eigenvalue weighted by Gasteiger charge is -2.24. The van der Waals surface area contributed by atoms with Gasteiger partial charge in [0.05, 0.1) is 33.8 Å². The second-order valence-corrected chi connectivity index (χ2v) is 9.50. The molecule has 5 rings (SSSR count). The molecule has 0 bridgehead atoms. The molecular formula is C24H18N2O5S2. The third-order valence-electron chi connectivity index (χ3n) is 5.46. The third-order valence-corrected chi connectivity index (χ3v) is 7.34. The van der Waals surface area contributed by atoms with Crippen LogP contribution in [0.2, 0.25) is 0 Å². The van der Waals surface area contributed by atoms with Crippen molar-refractivity contribution in [2.45, 2.75) is 13.0 Å². The van der Waals surface area contributed by atoms with E-state index < -0.39 is 23.5 Å². The summed E-state index contributed by atoms with van der Waals surface area (Å²) in [7, 11) is 1.41. The molecule has 2 aromatic carbocycles. The number of carbonyl (C=O) groups excluding carboxylic acids is 2. The molecule has 3 heterocycles. The number of hydrogen-bond donors (Lipinski definition) is 2. The quantitative estimate of drug-likeness (QED) is 0.384. The van der Waals surface area contributed by atoms with E-state index in [9.17, 15) is 19.8 Å². The van der Waals surface area contributed by atoms with Crippen LogP contribution in [0.3, 0.4) is 0 Å². The maximum absolute atomic E-state index is 13.4. The maximum Gasteiger partial charge on any atom is 0.296 e. The second kappa shape index (κ2) is 8.02. The largest absolute Gasteiger partial charge is 0.504 e. The van der Waals surface area contributed by atoms with E-state index in [0.717, 1.165) is 10.3 Å². The lowest BCUT2D eigenvalue weighted by molar-refractivity contribution is -0.117. The van der Waals surface area contributed by atoms with Gasteiger partial charge in [0.2, 0.25) is 5.78 Å². The molecule has 0 radical (unpaired) electrons. The molecular weight excluding hydrogens is 460 g/mol. The lowest BCUT2D eigenvalue weighted by Crippen LogP contribution is -2.30. The van der Waals surface area contributed by atoms with E-state index in [-0.39, 0.29) is 17.1 Å². The van der Waals surface area contributed by atoms with Crippen LogP contribution in [0.25, 0.3) is 10.2 Å². The predicted molar refractivity (Wildman–Crippen MR) is 128 cm³/mol. The molecule has 0 spiro atoms. The molecule has 0 saturated carbocycles. The molecule has 1 aliphatic heterocycles. The van der Waals surface area contributed by atoms with Gasteiger partial charge in [-0.25, -0.2) is 4.98 Å². The van der Waals surface area contributed by atoms with Crippen LogP contribution in [-0.4, -0.2) is 34.0 Å². The monoisotopic (exact) mass is 478 g/mol. The molecule has 2 aromatic heterocycles. The van der Waals surface area contributed by atoms with Crippen LogP contribution in [0, 0.1) is 6.92 Å². The molecule has 4 aromatic rings. The van der Waals surface area contributed by atoms with Gasteiger partial charge < -0.3 is 14.9 Å². The van der Waals surface area contributed by atoms with Gasteiger partial charge in [-0.15, -0.1) is 11.3 Å². The van der Waals surface area contributed by atoms with Crippen LogP contribution in [0.1, 0.15) is 26.8 Å². The number of aromatic hydroxyl groups is 1. The van der Waals surface area contributed by atoms with Crippen molar-refractivity contribution < 1.29 is 24.5 Å². The Kier molecular flexibility index (Phi) is 5.15. The minimum Gasteiger partial charge on any atom is -0.504 e. The average Bonchev–Trinajstić information content (AvgIpc) is 3.53. The van der Waals surface area contributed by atoms with Gasteiger partial charge in [0.1, 0.15) is 0 Å². The number of aliphatic hydroxyl groups excluding tert-OH is 1. The van der Waals surface area contributed by atoms with E-state index in [2.05, 4.69) is 4.98 Å². The van der Waals surface area contributed by atoms with Crippen molar-refractivity contribution in [1.82, 2.24) is 4.98 Å². The fraction of sp³-hybridized carbons (Fsp3) is 0.125. The van der Waals surface area contributed by atoms with Gasteiger partial charge in [-0.1, -0.05) is 29.5 Å². The summed E-state index contributed by atoms with van der Waals surface area (Å²) in [5, 5.41) is 23.0. The number of nitrogens with zero attached hydrogens (tertiary/aromatic N) is 2. The number of rotatable bonds is 5. The Balaban J connectivity index is 1.70. The standard InChI is InChI=1S/C24H18N2O5S2/c1-12-5-7-14-18(10-12)33-24(25-14)26-20(13-6-8-15(27)16(11-13)31-2)19(22(29)23(26)30)21(28)17-4-3-9-32-17/h3-11,20,27,29H,1-2H3. The number of thiophene rings is 1. The van der Waals surface area contributed by atoms with Gasteiger partial charge in [-0.2, -0.15) is 0 Å². The van der Waals surface area contributed by atoms with Crippen molar-refractivity contribution in [3.05, 3.63) is 81.2 Å². The van der Waals surface area contributed by atoms with Gasteiger partial charge in [-0.05, 0) is 53.8 Å². The van der Waals surface area contributed by atoms with Crippen LogP contribution in [0.4, 0.5) is 5.13 Å². The summed E-state index contributed by atoms with van der Waals surface area (Å²) in [6.45, 7) is 1.97. The Morgan fingerprint density at radius 3 is 2.70 bits per heavy atom. The molecule has 1 aliphatic rings. The van der Waals surface area contributed by atoms with Gasteiger partial charge >= 0.3 is 0 Å². The number of anilines is 1. The molecule has 7 nitrogen and oxygen atoms in total. The summed E-state index contributed by atoms with van der Waals surface area (Å²) in [6, 6.07) is 12.8. The fourth-order valence-corrected chi connectivity index (χ4v) is 5.65. The number of aliphatic hydroxyl groups is 1. The summed E-state index contributed by atoms with van der Waals surface area (Å²) in [4.78, 5) is 33.0. The van der Waals surface area contributed by atoms with Gasteiger partial charge in [0.15, 0.2) is 22.4 Å². The average molecular weight is 479 g/mol. The van der Waals surface area contributed by atoms with Crippen molar-refractivity contribution in [2.24, 2.45) is 0 Å². The number of ketones is 1. The number of amides is 1. The van der Waals surface area contributed by atoms with Crippen molar-refractivity contribution in [2.75, 3.05) is 12.0 Å². The van der Waals surface area contributed by atoms with Crippen LogP contribution in [0.5, 0.6) is 11.5 Å². The summed E-state index contributed by atoms with van der Waals surface area (Å²) < 4.78 is 6.13. The smallest absolute Gasteiger partial charge is 0.296 e. The van der Waals surface area contributed by atoms with Gasteiger partial charge in [0.25, 0.3) is 5.91 Å². The first kappa shape index (κ1) is 21.2. The Labute approximate surface area is 196 Å². The molecule has 0 fully saturated rings. The van der Waals surface area contributed by atoms with Crippen LogP contribution in [-0.2, 0) is 4.79 Å². The van der Waals surface area contributed by atoms with E-state index in [1.54, 1.807) is 29.6 Å². The van der Waals surface area contributed by atoms with E-state index >= 15 is 0 Å². The van der Waals surface area contributed by atoms with Gasteiger partial charge in [0, 0.05) is 0 Å².